The van der Waals surface area contributed by atoms with Crippen molar-refractivity contribution < 1.29 is 0 Å². The molecule has 0 N–H and O–H groups in total. The fraction of sp³-hybridized carbons (Fsp3) is 0.0526. The van der Waals surface area contributed by atoms with Crippen LogP contribution in [0, 0.1) is 0 Å². The molecule has 1 aromatic heterocycles. The van der Waals surface area contributed by atoms with Crippen LogP contribution in [0.2, 0.25) is 0 Å². The number of allylic oxidation sites excluding steroid dienone is 1. The maximum absolute atomic E-state index is 2.48. The van der Waals surface area contributed by atoms with E-state index in [0.717, 1.165) is 29.9 Å². The highest BCUT2D eigenvalue weighted by atomic mass is 15.1. The Morgan fingerprint density at radius 1 is 0.550 bits per heavy atom. The highest BCUT2D eigenvalue weighted by molar-refractivity contribution is 6.15. The molecule has 1 aliphatic carbocycles. The van der Waals surface area contributed by atoms with Gasteiger partial charge in [-0.1, -0.05) is 97.1 Å². The summed E-state index contributed by atoms with van der Waals surface area (Å²) in [4.78, 5) is 2.35. The van der Waals surface area contributed by atoms with E-state index in [1.807, 2.05) is 0 Å². The van der Waals surface area contributed by atoms with Crippen molar-refractivity contribution >= 4 is 55.7 Å². The van der Waals surface area contributed by atoms with Crippen molar-refractivity contribution in [2.24, 2.45) is 0 Å². The summed E-state index contributed by atoms with van der Waals surface area (Å²) in [7, 11) is 0. The molecule has 1 aliphatic rings. The fourth-order valence-electron chi connectivity index (χ4n) is 6.42. The van der Waals surface area contributed by atoms with Gasteiger partial charge in [-0.3, -0.25) is 0 Å². The lowest BCUT2D eigenvalue weighted by Gasteiger charge is -2.25. The van der Waals surface area contributed by atoms with Crippen LogP contribution >= 0.6 is 0 Å². The number of hydrogen-bond acceptors (Lipinski definition) is 1. The van der Waals surface area contributed by atoms with E-state index in [4.69, 9.17) is 0 Å². The number of fused-ring (bicyclic) bond motifs is 6. The van der Waals surface area contributed by atoms with Gasteiger partial charge in [0.1, 0.15) is 0 Å². The first-order chi connectivity index (χ1) is 19.9. The largest absolute Gasteiger partial charge is 0.310 e. The Hall–Kier alpha value is -5.08. The summed E-state index contributed by atoms with van der Waals surface area (Å²) in [6.45, 7) is 0. The van der Waals surface area contributed by atoms with Gasteiger partial charge in [-0.05, 0) is 77.9 Å². The molecule has 0 atom stereocenters. The second-order valence-corrected chi connectivity index (χ2v) is 10.5. The first-order valence-electron chi connectivity index (χ1n) is 14.0. The number of aromatic nitrogens is 1. The first kappa shape index (κ1) is 22.9. The minimum absolute atomic E-state index is 1.09. The van der Waals surface area contributed by atoms with E-state index in [-0.39, 0.29) is 0 Å². The van der Waals surface area contributed by atoms with Crippen LogP contribution in [0.3, 0.4) is 0 Å². The third-order valence-corrected chi connectivity index (χ3v) is 8.21. The lowest BCUT2D eigenvalue weighted by atomic mass is 9.93. The second kappa shape index (κ2) is 9.29. The van der Waals surface area contributed by atoms with E-state index in [0.29, 0.717) is 0 Å². The Labute approximate surface area is 234 Å². The summed E-state index contributed by atoms with van der Waals surface area (Å²) in [6.07, 6.45) is 6.86. The molecule has 8 rings (SSSR count). The molecule has 0 spiro atoms. The maximum atomic E-state index is 2.48. The van der Waals surface area contributed by atoms with Gasteiger partial charge < -0.3 is 9.47 Å². The van der Waals surface area contributed by atoms with Gasteiger partial charge in [0, 0.05) is 33.2 Å². The number of nitrogens with zero attached hydrogens (tertiary/aromatic N) is 2. The van der Waals surface area contributed by atoms with Gasteiger partial charge in [0.25, 0.3) is 0 Å². The zero-order valence-electron chi connectivity index (χ0n) is 22.2. The monoisotopic (exact) mass is 512 g/mol. The normalized spacial score (nSPS) is 12.7. The molecule has 7 aromatic rings. The Kier molecular flexibility index (Phi) is 5.31. The molecule has 0 fully saturated rings. The van der Waals surface area contributed by atoms with Gasteiger partial charge in [0.2, 0.25) is 0 Å². The van der Waals surface area contributed by atoms with Crippen LogP contribution in [0.15, 0.2) is 140 Å². The van der Waals surface area contributed by atoms with Crippen LogP contribution in [-0.2, 0) is 6.42 Å². The van der Waals surface area contributed by atoms with E-state index >= 15 is 0 Å². The Balaban J connectivity index is 1.48. The molecule has 0 saturated carbocycles. The number of rotatable bonds is 4. The summed E-state index contributed by atoms with van der Waals surface area (Å²) in [5, 5.41) is 5.13. The molecule has 0 radical (unpaired) electrons. The summed E-state index contributed by atoms with van der Waals surface area (Å²) >= 11 is 0. The van der Waals surface area contributed by atoms with Gasteiger partial charge in [-0.2, -0.15) is 0 Å². The predicted octanol–water partition coefficient (Wildman–Crippen LogP) is 10.4. The van der Waals surface area contributed by atoms with Crippen LogP contribution in [0.1, 0.15) is 17.5 Å². The lowest BCUT2D eigenvalue weighted by molar-refractivity contribution is 0.989. The van der Waals surface area contributed by atoms with Crippen molar-refractivity contribution in [1.82, 2.24) is 4.57 Å². The average molecular weight is 513 g/mol. The summed E-state index contributed by atoms with van der Waals surface area (Å²) in [6, 6.07) is 48.3. The quantitative estimate of drug-likeness (QED) is 0.228. The maximum Gasteiger partial charge on any atom is 0.0562 e. The Morgan fingerprint density at radius 3 is 2.08 bits per heavy atom. The summed E-state index contributed by atoms with van der Waals surface area (Å²) in [5.74, 6) is 0. The standard InChI is InChI=1S/C38H28N2/c1-3-15-29(16-4-1)39(30-17-5-2-6-18-30)31-23-24-34-37(26-31)40(35-21-11-14-27-12-7-9-19-32(27)35)36-25-22-28-13-8-10-20-33(28)38(34)36/h1-7,9-12,14-26H,8,13H2. The van der Waals surface area contributed by atoms with Crippen molar-refractivity contribution in [3.05, 3.63) is 151 Å². The molecule has 6 aromatic carbocycles. The molecule has 0 amide bonds. The van der Waals surface area contributed by atoms with Crippen molar-refractivity contribution in [1.29, 1.82) is 0 Å². The molecule has 0 unspecified atom stereocenters. The third kappa shape index (κ3) is 3.57. The highest BCUT2D eigenvalue weighted by Gasteiger charge is 2.21. The summed E-state index contributed by atoms with van der Waals surface area (Å²) in [5.41, 5.74) is 9.89. The molecule has 0 bridgehead atoms. The SMILES string of the molecule is C1=Cc2c(ccc3c2c2ccc(N(c4ccccc4)c4ccccc4)cc2n3-c2cccc3ccccc23)CC1. The van der Waals surface area contributed by atoms with Gasteiger partial charge in [-0.15, -0.1) is 0 Å². The molecule has 1 heterocycles. The van der Waals surface area contributed by atoms with Crippen LogP contribution in [-0.4, -0.2) is 4.57 Å². The van der Waals surface area contributed by atoms with E-state index in [9.17, 15) is 0 Å². The Morgan fingerprint density at radius 2 is 1.27 bits per heavy atom. The van der Waals surface area contributed by atoms with Crippen LogP contribution < -0.4 is 4.90 Å². The minimum Gasteiger partial charge on any atom is -0.310 e. The first-order valence-corrected chi connectivity index (χ1v) is 14.0. The van der Waals surface area contributed by atoms with Crippen molar-refractivity contribution in [2.75, 3.05) is 4.90 Å². The van der Waals surface area contributed by atoms with Gasteiger partial charge >= 0.3 is 0 Å². The number of para-hydroxylation sites is 2. The molecule has 190 valence electrons. The zero-order valence-corrected chi connectivity index (χ0v) is 22.2. The second-order valence-electron chi connectivity index (χ2n) is 10.5. The number of benzene rings is 6. The number of aryl methyl sites for hydroxylation is 1. The van der Waals surface area contributed by atoms with Gasteiger partial charge in [0.15, 0.2) is 0 Å². The smallest absolute Gasteiger partial charge is 0.0562 e. The molecule has 40 heavy (non-hydrogen) atoms. The summed E-state index contributed by atoms with van der Waals surface area (Å²) < 4.78 is 2.48. The molecule has 2 heteroatoms. The zero-order chi connectivity index (χ0) is 26.5. The number of anilines is 3. The highest BCUT2D eigenvalue weighted by Crippen LogP contribution is 2.42. The minimum atomic E-state index is 1.09. The van der Waals surface area contributed by atoms with Crippen LogP contribution in [0.4, 0.5) is 17.1 Å². The van der Waals surface area contributed by atoms with Crippen molar-refractivity contribution in [3.63, 3.8) is 0 Å². The van der Waals surface area contributed by atoms with E-state index in [1.165, 1.54) is 49.4 Å². The van der Waals surface area contributed by atoms with Crippen LogP contribution in [0.5, 0.6) is 0 Å². The lowest BCUT2D eigenvalue weighted by Crippen LogP contribution is -2.09. The molecule has 0 aliphatic heterocycles. The fourth-order valence-corrected chi connectivity index (χ4v) is 6.42. The van der Waals surface area contributed by atoms with Crippen LogP contribution in [0.25, 0.3) is 44.3 Å². The Bertz CT molecular complexity index is 2000. The predicted molar refractivity (Wildman–Crippen MR) is 170 cm³/mol. The van der Waals surface area contributed by atoms with E-state index < -0.39 is 0 Å². The van der Waals surface area contributed by atoms with E-state index in [1.54, 1.807) is 0 Å². The number of hydrogen-bond donors (Lipinski definition) is 0. The van der Waals surface area contributed by atoms with Gasteiger partial charge in [0.05, 0.1) is 16.7 Å². The average Bonchev–Trinajstić information content (AvgIpc) is 3.36. The van der Waals surface area contributed by atoms with Gasteiger partial charge in [-0.25, -0.2) is 0 Å². The molecule has 2 nitrogen and oxygen atoms in total. The van der Waals surface area contributed by atoms with Crippen molar-refractivity contribution in [3.8, 4) is 5.69 Å². The molecular weight excluding hydrogens is 484 g/mol. The molecule has 0 saturated heterocycles. The molecular formula is C38H28N2. The van der Waals surface area contributed by atoms with Crippen molar-refractivity contribution in [2.45, 2.75) is 12.8 Å². The third-order valence-electron chi connectivity index (χ3n) is 8.21. The topological polar surface area (TPSA) is 8.17 Å². The van der Waals surface area contributed by atoms with E-state index in [2.05, 4.69) is 155 Å².